The molecule has 2 heterocycles. The van der Waals surface area contributed by atoms with Crippen molar-refractivity contribution in [2.45, 2.75) is 18.4 Å². The van der Waals surface area contributed by atoms with Gasteiger partial charge in [-0.3, -0.25) is 4.90 Å². The zero-order chi connectivity index (χ0) is 20.4. The van der Waals surface area contributed by atoms with Gasteiger partial charge in [0.2, 0.25) is 21.7 Å². The van der Waals surface area contributed by atoms with E-state index in [0.717, 1.165) is 11.1 Å². The quantitative estimate of drug-likeness (QED) is 0.616. The van der Waals surface area contributed by atoms with E-state index in [4.69, 9.17) is 16.1 Å². The summed E-state index contributed by atoms with van der Waals surface area (Å²) in [7, 11) is -3.47. The van der Waals surface area contributed by atoms with Crippen LogP contribution in [-0.2, 0) is 16.6 Å². The third-order valence-corrected chi connectivity index (χ3v) is 7.05. The molecule has 0 N–H and O–H groups in total. The number of hydrogen-bond donors (Lipinski definition) is 0. The monoisotopic (exact) mass is 432 g/mol. The average Bonchev–Trinajstić information content (AvgIpc) is 3.17. The van der Waals surface area contributed by atoms with Crippen molar-refractivity contribution in [1.29, 1.82) is 0 Å². The summed E-state index contributed by atoms with van der Waals surface area (Å²) in [6.07, 6.45) is 0. The fraction of sp³-hybridized carbons (Fsp3) is 0.300. The summed E-state index contributed by atoms with van der Waals surface area (Å²) in [6.45, 7) is 4.45. The van der Waals surface area contributed by atoms with E-state index in [1.54, 1.807) is 24.3 Å². The van der Waals surface area contributed by atoms with Gasteiger partial charge in [-0.1, -0.05) is 46.6 Å². The van der Waals surface area contributed by atoms with Gasteiger partial charge in [0.1, 0.15) is 0 Å². The molecule has 152 valence electrons. The van der Waals surface area contributed by atoms with E-state index in [-0.39, 0.29) is 0 Å². The van der Waals surface area contributed by atoms with Gasteiger partial charge < -0.3 is 4.52 Å². The summed E-state index contributed by atoms with van der Waals surface area (Å²) in [5.74, 6) is 0.984. The summed E-state index contributed by atoms with van der Waals surface area (Å²) in [4.78, 5) is 6.87. The van der Waals surface area contributed by atoms with E-state index in [0.29, 0.717) is 54.4 Å². The number of piperazine rings is 1. The van der Waals surface area contributed by atoms with Gasteiger partial charge >= 0.3 is 0 Å². The van der Waals surface area contributed by atoms with Gasteiger partial charge in [0, 0.05) is 36.8 Å². The molecule has 4 rings (SSSR count). The Labute approximate surface area is 174 Å². The first-order valence-electron chi connectivity index (χ1n) is 9.29. The predicted octanol–water partition coefficient (Wildman–Crippen LogP) is 3.20. The lowest BCUT2D eigenvalue weighted by molar-refractivity contribution is 0.163. The van der Waals surface area contributed by atoms with Crippen molar-refractivity contribution < 1.29 is 12.9 Å². The van der Waals surface area contributed by atoms with Crippen LogP contribution in [0.3, 0.4) is 0 Å². The minimum atomic E-state index is -3.47. The van der Waals surface area contributed by atoms with Gasteiger partial charge in [0.25, 0.3) is 0 Å². The molecular formula is C20H21ClN4O3S. The Kier molecular flexibility index (Phi) is 5.69. The third kappa shape index (κ3) is 4.51. The lowest BCUT2D eigenvalue weighted by atomic mass is 10.2. The van der Waals surface area contributed by atoms with Crippen LogP contribution in [0.4, 0.5) is 0 Å². The number of benzene rings is 2. The molecule has 0 saturated carbocycles. The molecule has 0 atom stereocenters. The van der Waals surface area contributed by atoms with Crippen molar-refractivity contribution >= 4 is 21.6 Å². The molecule has 0 unspecified atom stereocenters. The Balaban J connectivity index is 1.37. The second-order valence-electron chi connectivity index (χ2n) is 7.02. The molecular weight excluding hydrogens is 412 g/mol. The molecule has 0 radical (unpaired) electrons. The van der Waals surface area contributed by atoms with E-state index >= 15 is 0 Å². The van der Waals surface area contributed by atoms with E-state index in [1.807, 2.05) is 31.2 Å². The maximum Gasteiger partial charge on any atom is 0.243 e. The lowest BCUT2D eigenvalue weighted by Crippen LogP contribution is -2.48. The van der Waals surface area contributed by atoms with Crippen LogP contribution in [0.5, 0.6) is 0 Å². The zero-order valence-corrected chi connectivity index (χ0v) is 17.5. The molecule has 2 aromatic carbocycles. The molecule has 1 aromatic heterocycles. The van der Waals surface area contributed by atoms with Gasteiger partial charge in [-0.25, -0.2) is 8.42 Å². The molecule has 0 bridgehead atoms. The van der Waals surface area contributed by atoms with Crippen LogP contribution in [0.15, 0.2) is 57.9 Å². The molecule has 0 spiro atoms. The van der Waals surface area contributed by atoms with Gasteiger partial charge in [-0.05, 0) is 31.2 Å². The topological polar surface area (TPSA) is 79.5 Å². The summed E-state index contributed by atoms with van der Waals surface area (Å²) in [5.41, 5.74) is 1.83. The maximum absolute atomic E-state index is 12.8. The van der Waals surface area contributed by atoms with Gasteiger partial charge in [0.05, 0.1) is 11.4 Å². The van der Waals surface area contributed by atoms with Crippen LogP contribution in [0.1, 0.15) is 11.5 Å². The van der Waals surface area contributed by atoms with Crippen molar-refractivity contribution in [3.63, 3.8) is 0 Å². The molecule has 1 aliphatic rings. The van der Waals surface area contributed by atoms with Crippen LogP contribution in [0.2, 0.25) is 5.02 Å². The summed E-state index contributed by atoms with van der Waals surface area (Å²) >= 11 is 6.01. The van der Waals surface area contributed by atoms with Crippen LogP contribution in [-0.4, -0.2) is 53.9 Å². The summed E-state index contributed by atoms with van der Waals surface area (Å²) in [5, 5.41) is 4.63. The number of hydrogen-bond acceptors (Lipinski definition) is 6. The predicted molar refractivity (Wildman–Crippen MR) is 110 cm³/mol. The summed E-state index contributed by atoms with van der Waals surface area (Å²) in [6, 6.07) is 14.2. The van der Waals surface area contributed by atoms with Crippen molar-refractivity contribution in [3.8, 4) is 11.4 Å². The zero-order valence-electron chi connectivity index (χ0n) is 16.0. The summed E-state index contributed by atoms with van der Waals surface area (Å²) < 4.78 is 32.5. The van der Waals surface area contributed by atoms with Crippen LogP contribution in [0, 0.1) is 6.92 Å². The Morgan fingerprint density at radius 2 is 1.79 bits per heavy atom. The highest BCUT2D eigenvalue weighted by molar-refractivity contribution is 7.89. The molecule has 3 aromatic rings. The second-order valence-corrected chi connectivity index (χ2v) is 9.39. The van der Waals surface area contributed by atoms with E-state index in [9.17, 15) is 8.42 Å². The highest BCUT2D eigenvalue weighted by Gasteiger charge is 2.29. The molecule has 0 aliphatic carbocycles. The third-order valence-electron chi connectivity index (χ3n) is 4.90. The highest BCUT2D eigenvalue weighted by atomic mass is 35.5. The van der Waals surface area contributed by atoms with Gasteiger partial charge in [-0.2, -0.15) is 9.29 Å². The number of nitrogens with zero attached hydrogens (tertiary/aromatic N) is 4. The molecule has 1 aliphatic heterocycles. The SMILES string of the molecule is Cc1ccc(S(=O)(=O)N2CCN(Cc3nc(-c4cccc(Cl)c4)no3)CC2)cc1. The second kappa shape index (κ2) is 8.23. The molecule has 29 heavy (non-hydrogen) atoms. The molecule has 9 heteroatoms. The molecule has 7 nitrogen and oxygen atoms in total. The normalized spacial score (nSPS) is 16.2. The Morgan fingerprint density at radius 3 is 2.48 bits per heavy atom. The molecule has 0 amide bonds. The van der Waals surface area contributed by atoms with Gasteiger partial charge in [-0.15, -0.1) is 0 Å². The van der Waals surface area contributed by atoms with Crippen molar-refractivity contribution in [2.75, 3.05) is 26.2 Å². The lowest BCUT2D eigenvalue weighted by Gasteiger charge is -2.33. The number of aromatic nitrogens is 2. The smallest absolute Gasteiger partial charge is 0.243 e. The van der Waals surface area contributed by atoms with Crippen LogP contribution >= 0.6 is 11.6 Å². The first-order chi connectivity index (χ1) is 13.9. The van der Waals surface area contributed by atoms with Crippen molar-refractivity contribution in [1.82, 2.24) is 19.3 Å². The van der Waals surface area contributed by atoms with E-state index in [2.05, 4.69) is 15.0 Å². The Hall–Kier alpha value is -2.26. The average molecular weight is 433 g/mol. The fourth-order valence-electron chi connectivity index (χ4n) is 3.24. The van der Waals surface area contributed by atoms with Crippen molar-refractivity contribution in [3.05, 3.63) is 65.0 Å². The number of rotatable bonds is 5. The fourth-order valence-corrected chi connectivity index (χ4v) is 4.85. The Morgan fingerprint density at radius 1 is 1.07 bits per heavy atom. The minimum absolute atomic E-state index is 0.333. The highest BCUT2D eigenvalue weighted by Crippen LogP contribution is 2.21. The first-order valence-corrected chi connectivity index (χ1v) is 11.1. The van der Waals surface area contributed by atoms with E-state index in [1.165, 1.54) is 4.31 Å². The first kappa shape index (κ1) is 20.0. The van der Waals surface area contributed by atoms with Crippen molar-refractivity contribution in [2.24, 2.45) is 0 Å². The number of sulfonamides is 1. The molecule has 1 fully saturated rings. The largest absolute Gasteiger partial charge is 0.338 e. The van der Waals surface area contributed by atoms with E-state index < -0.39 is 10.0 Å². The number of halogens is 1. The Bertz CT molecular complexity index is 1090. The van der Waals surface area contributed by atoms with Gasteiger partial charge in [0.15, 0.2) is 0 Å². The minimum Gasteiger partial charge on any atom is -0.338 e. The van der Waals surface area contributed by atoms with Crippen LogP contribution in [0.25, 0.3) is 11.4 Å². The molecule has 1 saturated heterocycles. The number of aryl methyl sites for hydroxylation is 1. The van der Waals surface area contributed by atoms with Crippen LogP contribution < -0.4 is 0 Å². The standard InChI is InChI=1S/C20H21ClN4O3S/c1-15-5-7-18(8-6-15)29(26,27)25-11-9-24(10-12-25)14-19-22-20(23-28-19)16-3-2-4-17(21)13-16/h2-8,13H,9-12,14H2,1H3. The maximum atomic E-state index is 12.8.